The first-order valence-corrected chi connectivity index (χ1v) is 20.5. The lowest BCUT2D eigenvalue weighted by Crippen LogP contribution is -2.64. The quantitative estimate of drug-likeness (QED) is 0.218. The number of primary amides is 1. The van der Waals surface area contributed by atoms with Crippen LogP contribution in [0.1, 0.15) is 138 Å². The summed E-state index contributed by atoms with van der Waals surface area (Å²) in [7, 11) is -3.57. The molecular formula is C37H63N5O7S. The number of hydrogen-bond donors (Lipinski definition) is 4. The molecule has 3 unspecified atom stereocenters. The largest absolute Gasteiger partial charge is 0.363 e. The predicted molar refractivity (Wildman–Crippen MR) is 193 cm³/mol. The fourth-order valence-electron chi connectivity index (χ4n) is 8.71. The standard InChI is InChI=1S/C37H63N5O7S/c1-34(2,3)29(40-33(47)41-37(19-9-8-10-20-37)23-50(48,49)35(4,5)6)32(46)42-21-16-25(36(7)17-11-12-18-36)27(42)31(45)39-26(28(43)30(38)44)22-24-14-13-15-24/h24-27,29H,8-23H2,1-7H3,(H2,38,44)(H,39,45)(H2,40,41,47)/t25?,26?,27?,29-/m1/s1. The highest BCUT2D eigenvalue weighted by Gasteiger charge is 2.53. The van der Waals surface area contributed by atoms with Crippen molar-refractivity contribution >= 4 is 39.4 Å². The lowest BCUT2D eigenvalue weighted by atomic mass is 9.71. The number of carbonyl (C=O) groups excluding carboxylic acids is 5. The van der Waals surface area contributed by atoms with Gasteiger partial charge < -0.3 is 26.6 Å². The maximum absolute atomic E-state index is 14.7. The van der Waals surface area contributed by atoms with Crippen molar-refractivity contribution in [2.24, 2.45) is 28.4 Å². The van der Waals surface area contributed by atoms with Gasteiger partial charge in [0, 0.05) is 6.54 Å². The van der Waals surface area contributed by atoms with E-state index in [0.717, 1.165) is 64.2 Å². The van der Waals surface area contributed by atoms with Crippen molar-refractivity contribution in [3.05, 3.63) is 0 Å². The van der Waals surface area contributed by atoms with E-state index >= 15 is 0 Å². The van der Waals surface area contributed by atoms with Crippen LogP contribution in [-0.4, -0.2) is 83.6 Å². The Morgan fingerprint density at radius 3 is 1.92 bits per heavy atom. The normalized spacial score (nSPS) is 25.2. The topological polar surface area (TPSA) is 185 Å². The summed E-state index contributed by atoms with van der Waals surface area (Å²) in [6.07, 6.45) is 11.2. The van der Waals surface area contributed by atoms with Crippen molar-refractivity contribution in [3.8, 4) is 0 Å². The lowest BCUT2D eigenvalue weighted by molar-refractivity contribution is -0.145. The number of ketones is 1. The summed E-state index contributed by atoms with van der Waals surface area (Å²) in [4.78, 5) is 69.3. The van der Waals surface area contributed by atoms with Crippen LogP contribution in [0, 0.1) is 22.7 Å². The fraction of sp³-hybridized carbons (Fsp3) is 0.865. The van der Waals surface area contributed by atoms with E-state index in [9.17, 15) is 32.4 Å². The first-order valence-electron chi connectivity index (χ1n) is 18.8. The molecule has 5 amide bonds. The number of carbonyl (C=O) groups is 5. The number of Topliss-reactive ketones (excluding diaryl/α,β-unsaturated/α-hetero) is 1. The molecule has 4 rings (SSSR count). The summed E-state index contributed by atoms with van der Waals surface area (Å²) in [5.74, 6) is -2.96. The van der Waals surface area contributed by atoms with Crippen LogP contribution in [-0.2, 0) is 29.0 Å². The van der Waals surface area contributed by atoms with E-state index in [-0.39, 0.29) is 23.0 Å². The van der Waals surface area contributed by atoms with Gasteiger partial charge in [0.05, 0.1) is 22.1 Å². The molecule has 0 bridgehead atoms. The zero-order valence-electron chi connectivity index (χ0n) is 31.5. The van der Waals surface area contributed by atoms with Crippen LogP contribution < -0.4 is 21.7 Å². The van der Waals surface area contributed by atoms with Gasteiger partial charge in [-0.25, -0.2) is 13.2 Å². The molecule has 284 valence electrons. The highest BCUT2D eigenvalue weighted by atomic mass is 32.2. The van der Waals surface area contributed by atoms with E-state index in [4.69, 9.17) is 5.73 Å². The van der Waals surface area contributed by atoms with Gasteiger partial charge in [-0.2, -0.15) is 0 Å². The van der Waals surface area contributed by atoms with Crippen molar-refractivity contribution in [2.75, 3.05) is 12.3 Å². The maximum atomic E-state index is 14.7. The molecule has 4 atom stereocenters. The summed E-state index contributed by atoms with van der Waals surface area (Å²) in [5, 5.41) is 8.80. The first-order chi connectivity index (χ1) is 23.1. The first kappa shape index (κ1) is 40.1. The van der Waals surface area contributed by atoms with Crippen LogP contribution >= 0.6 is 0 Å². The summed E-state index contributed by atoms with van der Waals surface area (Å²) < 4.78 is 25.7. The number of likely N-dealkylation sites (tertiary alicyclic amines) is 1. The molecule has 0 spiro atoms. The number of hydrogen-bond acceptors (Lipinski definition) is 7. The van der Waals surface area contributed by atoms with Crippen LogP contribution in [0.25, 0.3) is 0 Å². The molecule has 3 aliphatic carbocycles. The van der Waals surface area contributed by atoms with Crippen LogP contribution in [0.15, 0.2) is 0 Å². The molecule has 13 heteroatoms. The van der Waals surface area contributed by atoms with E-state index in [0.29, 0.717) is 32.2 Å². The van der Waals surface area contributed by atoms with E-state index in [1.807, 2.05) is 20.8 Å². The zero-order valence-corrected chi connectivity index (χ0v) is 32.3. The number of amides is 5. The summed E-state index contributed by atoms with van der Waals surface area (Å²) in [6, 6.07) is -3.60. The highest BCUT2D eigenvalue weighted by Crippen LogP contribution is 2.50. The van der Waals surface area contributed by atoms with Gasteiger partial charge in [-0.1, -0.05) is 79.1 Å². The number of nitrogens with two attached hydrogens (primary N) is 1. The molecule has 3 saturated carbocycles. The second-order valence-corrected chi connectivity index (χ2v) is 20.9. The second-order valence-electron chi connectivity index (χ2n) is 18.2. The summed E-state index contributed by atoms with van der Waals surface area (Å²) >= 11 is 0. The van der Waals surface area contributed by atoms with E-state index in [2.05, 4.69) is 22.9 Å². The Labute approximate surface area is 299 Å². The fourth-order valence-corrected chi connectivity index (χ4v) is 10.2. The number of nitrogens with one attached hydrogen (secondary N) is 3. The molecule has 1 aliphatic heterocycles. The minimum absolute atomic E-state index is 0.176. The molecule has 5 N–H and O–H groups in total. The van der Waals surface area contributed by atoms with Crippen LogP contribution in [0.5, 0.6) is 0 Å². The Morgan fingerprint density at radius 2 is 1.42 bits per heavy atom. The molecule has 1 heterocycles. The monoisotopic (exact) mass is 721 g/mol. The number of urea groups is 1. The van der Waals surface area contributed by atoms with E-state index < -0.39 is 73.2 Å². The molecule has 12 nitrogen and oxygen atoms in total. The molecule has 50 heavy (non-hydrogen) atoms. The molecule has 0 aromatic rings. The van der Waals surface area contributed by atoms with Gasteiger partial charge >= 0.3 is 6.03 Å². The van der Waals surface area contributed by atoms with Crippen LogP contribution in [0.2, 0.25) is 0 Å². The Morgan fingerprint density at radius 1 is 0.840 bits per heavy atom. The minimum Gasteiger partial charge on any atom is -0.363 e. The van der Waals surface area contributed by atoms with Crippen LogP contribution in [0.4, 0.5) is 4.79 Å². The SMILES string of the molecule is CC1(C2CCN(C(=O)[C@@H](NC(=O)NC3(CS(=O)(=O)C(C)(C)C)CCCCC3)C(C)(C)C)C2C(=O)NC(CC2CCC2)C(=O)C(N)=O)CCCC1. The van der Waals surface area contributed by atoms with Gasteiger partial charge in [-0.3, -0.25) is 19.2 Å². The van der Waals surface area contributed by atoms with Crippen molar-refractivity contribution in [2.45, 2.75) is 167 Å². The predicted octanol–water partition coefficient (Wildman–Crippen LogP) is 4.14. The Kier molecular flexibility index (Phi) is 12.1. The van der Waals surface area contributed by atoms with Gasteiger partial charge in [0.25, 0.3) is 5.91 Å². The van der Waals surface area contributed by atoms with Gasteiger partial charge in [0.2, 0.25) is 17.6 Å². The third kappa shape index (κ3) is 9.02. The number of rotatable bonds is 12. The molecule has 4 fully saturated rings. The third-order valence-electron chi connectivity index (χ3n) is 12.2. The molecule has 0 aromatic carbocycles. The van der Waals surface area contributed by atoms with Crippen molar-refractivity contribution in [3.63, 3.8) is 0 Å². The Bertz CT molecular complexity index is 1400. The second kappa shape index (κ2) is 15.1. The summed E-state index contributed by atoms with van der Waals surface area (Å²) in [6.45, 7) is 13.0. The van der Waals surface area contributed by atoms with Crippen molar-refractivity contribution in [1.29, 1.82) is 0 Å². The minimum atomic E-state index is -3.57. The zero-order chi connectivity index (χ0) is 37.3. The van der Waals surface area contributed by atoms with E-state index in [1.54, 1.807) is 25.7 Å². The van der Waals surface area contributed by atoms with Gasteiger partial charge in [0.15, 0.2) is 9.84 Å². The van der Waals surface area contributed by atoms with Crippen molar-refractivity contribution < 1.29 is 32.4 Å². The molecule has 0 aromatic heterocycles. The van der Waals surface area contributed by atoms with E-state index in [1.165, 1.54) is 0 Å². The average Bonchev–Trinajstić information content (AvgIpc) is 3.63. The number of nitrogens with zero attached hydrogens (tertiary/aromatic N) is 1. The number of sulfone groups is 1. The van der Waals surface area contributed by atoms with Gasteiger partial charge in [0.1, 0.15) is 12.1 Å². The molecular weight excluding hydrogens is 659 g/mol. The van der Waals surface area contributed by atoms with Crippen LogP contribution in [0.3, 0.4) is 0 Å². The molecule has 0 radical (unpaired) electrons. The van der Waals surface area contributed by atoms with Crippen molar-refractivity contribution in [1.82, 2.24) is 20.9 Å². The Balaban J connectivity index is 1.61. The maximum Gasteiger partial charge on any atom is 0.315 e. The van der Waals surface area contributed by atoms with Gasteiger partial charge in [-0.05, 0) is 82.0 Å². The molecule has 1 saturated heterocycles. The lowest BCUT2D eigenvalue weighted by Gasteiger charge is -2.42. The van der Waals surface area contributed by atoms with Gasteiger partial charge in [-0.15, -0.1) is 0 Å². The third-order valence-corrected chi connectivity index (χ3v) is 15.0. The molecule has 4 aliphatic rings. The summed E-state index contributed by atoms with van der Waals surface area (Å²) in [5.41, 5.74) is 3.49. The Hall–Kier alpha value is -2.70. The average molecular weight is 722 g/mol. The highest BCUT2D eigenvalue weighted by molar-refractivity contribution is 7.92. The smallest absolute Gasteiger partial charge is 0.315 e.